The number of aromatic nitrogens is 4. The second kappa shape index (κ2) is 8.34. The number of alkyl halides is 3. The lowest BCUT2D eigenvalue weighted by molar-refractivity contribution is -0.141. The number of rotatable bonds is 5. The fourth-order valence-electron chi connectivity index (χ4n) is 3.23. The van der Waals surface area contributed by atoms with E-state index in [1.54, 1.807) is 19.1 Å². The summed E-state index contributed by atoms with van der Waals surface area (Å²) in [4.78, 5) is 29.3. The van der Waals surface area contributed by atoms with Gasteiger partial charge in [-0.3, -0.25) is 19.7 Å². The molecule has 0 saturated heterocycles. The number of halogens is 3. The van der Waals surface area contributed by atoms with E-state index < -0.39 is 23.8 Å². The fraction of sp³-hybridized carbons (Fsp3) is 0.273. The molecule has 0 bridgehead atoms. The summed E-state index contributed by atoms with van der Waals surface area (Å²) in [5, 5.41) is 11.6. The van der Waals surface area contributed by atoms with E-state index >= 15 is 0 Å². The van der Waals surface area contributed by atoms with Crippen molar-refractivity contribution < 1.29 is 18.0 Å². The van der Waals surface area contributed by atoms with Crippen LogP contribution in [0.15, 0.2) is 42.9 Å². The first kappa shape index (κ1) is 21.4. The summed E-state index contributed by atoms with van der Waals surface area (Å²) in [6.07, 6.45) is 1.17. The Labute approximate surface area is 181 Å². The average molecular weight is 438 g/mol. The van der Waals surface area contributed by atoms with Crippen LogP contribution in [0.4, 0.5) is 13.2 Å². The highest BCUT2D eigenvalue weighted by Gasteiger charge is 2.36. The number of carbonyl (C=O) groups is 1. The van der Waals surface area contributed by atoms with E-state index in [1.165, 1.54) is 24.7 Å². The third kappa shape index (κ3) is 4.56. The first-order chi connectivity index (χ1) is 15.3. The first-order valence-corrected chi connectivity index (χ1v) is 9.83. The van der Waals surface area contributed by atoms with Crippen molar-refractivity contribution in [1.29, 1.82) is 5.26 Å². The molecule has 7 nitrogen and oxygen atoms in total. The van der Waals surface area contributed by atoms with Gasteiger partial charge in [0.2, 0.25) is 0 Å². The molecule has 0 aromatic carbocycles. The maximum Gasteiger partial charge on any atom is 0.433 e. The van der Waals surface area contributed by atoms with Crippen molar-refractivity contribution in [2.45, 2.75) is 37.9 Å². The summed E-state index contributed by atoms with van der Waals surface area (Å²) in [7, 11) is 0. The number of hydrogen-bond acceptors (Lipinski definition) is 6. The van der Waals surface area contributed by atoms with Gasteiger partial charge in [0.15, 0.2) is 0 Å². The van der Waals surface area contributed by atoms with Crippen molar-refractivity contribution in [2.24, 2.45) is 0 Å². The molecule has 3 aromatic heterocycles. The number of amides is 1. The highest BCUT2D eigenvalue weighted by Crippen LogP contribution is 2.40. The van der Waals surface area contributed by atoms with Gasteiger partial charge in [-0.15, -0.1) is 0 Å². The zero-order valence-corrected chi connectivity index (χ0v) is 16.9. The van der Waals surface area contributed by atoms with Crippen molar-refractivity contribution in [2.75, 3.05) is 0 Å². The van der Waals surface area contributed by atoms with Gasteiger partial charge in [0, 0.05) is 35.8 Å². The number of nitrogens with zero attached hydrogens (tertiary/aromatic N) is 5. The van der Waals surface area contributed by atoms with Crippen LogP contribution in [0.5, 0.6) is 0 Å². The van der Waals surface area contributed by atoms with Crippen LogP contribution < -0.4 is 5.32 Å². The standard InChI is InChI=1S/C22H17F3N6O/c1-12(19-20(28-7-6-27-19)16-5-2-13(10-26)11-29-16)30-21(32)15-8-17(14-3-4-14)31-18(9-15)22(23,24)25/h2,5-9,11-12,14H,3-4H2,1H3,(H,30,32). The van der Waals surface area contributed by atoms with Gasteiger partial charge in [-0.25, -0.2) is 4.98 Å². The van der Waals surface area contributed by atoms with E-state index in [2.05, 4.69) is 25.3 Å². The molecule has 1 fully saturated rings. The van der Waals surface area contributed by atoms with Gasteiger partial charge in [0.05, 0.1) is 23.0 Å². The minimum Gasteiger partial charge on any atom is -0.344 e. The Morgan fingerprint density at radius 1 is 1.19 bits per heavy atom. The molecule has 3 aromatic rings. The number of pyridine rings is 2. The molecule has 10 heteroatoms. The lowest BCUT2D eigenvalue weighted by Gasteiger charge is -2.17. The van der Waals surface area contributed by atoms with Crippen LogP contribution in [0.25, 0.3) is 11.4 Å². The van der Waals surface area contributed by atoms with E-state index in [4.69, 9.17) is 5.26 Å². The molecular formula is C22H17F3N6O. The molecule has 32 heavy (non-hydrogen) atoms. The maximum absolute atomic E-state index is 13.3. The number of carbonyl (C=O) groups excluding carboxylic acids is 1. The van der Waals surface area contributed by atoms with Gasteiger partial charge < -0.3 is 5.32 Å². The Morgan fingerprint density at radius 2 is 1.94 bits per heavy atom. The van der Waals surface area contributed by atoms with Crippen molar-refractivity contribution in [3.8, 4) is 17.5 Å². The molecule has 1 saturated carbocycles. The molecule has 3 heterocycles. The molecule has 0 aliphatic heterocycles. The fourth-order valence-corrected chi connectivity index (χ4v) is 3.23. The summed E-state index contributed by atoms with van der Waals surface area (Å²) in [6, 6.07) is 6.67. The quantitative estimate of drug-likeness (QED) is 0.641. The van der Waals surface area contributed by atoms with E-state index in [1.807, 2.05) is 6.07 Å². The molecular weight excluding hydrogens is 421 g/mol. The normalized spacial score (nSPS) is 14.5. The lowest BCUT2D eigenvalue weighted by Crippen LogP contribution is -2.28. The Hall–Kier alpha value is -3.87. The second-order valence-electron chi connectivity index (χ2n) is 7.47. The summed E-state index contributed by atoms with van der Waals surface area (Å²) in [5.41, 5.74) is 0.710. The van der Waals surface area contributed by atoms with Crippen LogP contribution in [0.1, 0.15) is 64.7 Å². The molecule has 1 unspecified atom stereocenters. The third-order valence-corrected chi connectivity index (χ3v) is 5.01. The van der Waals surface area contributed by atoms with Gasteiger partial charge in [-0.1, -0.05) is 0 Å². The van der Waals surface area contributed by atoms with Gasteiger partial charge in [0.25, 0.3) is 5.91 Å². The van der Waals surface area contributed by atoms with Crippen molar-refractivity contribution in [3.63, 3.8) is 0 Å². The van der Waals surface area contributed by atoms with E-state index in [0.29, 0.717) is 22.6 Å². The first-order valence-electron chi connectivity index (χ1n) is 9.83. The smallest absolute Gasteiger partial charge is 0.344 e. The zero-order valence-electron chi connectivity index (χ0n) is 16.9. The summed E-state index contributed by atoms with van der Waals surface area (Å²) < 4.78 is 39.8. The number of hydrogen-bond donors (Lipinski definition) is 1. The van der Waals surface area contributed by atoms with Crippen LogP contribution in [0.2, 0.25) is 0 Å². The summed E-state index contributed by atoms with van der Waals surface area (Å²) >= 11 is 0. The molecule has 4 rings (SSSR count). The van der Waals surface area contributed by atoms with Crippen LogP contribution in [-0.4, -0.2) is 25.8 Å². The van der Waals surface area contributed by atoms with Crippen LogP contribution in [0.3, 0.4) is 0 Å². The largest absolute Gasteiger partial charge is 0.433 e. The van der Waals surface area contributed by atoms with Crippen molar-refractivity contribution in [3.05, 3.63) is 71.1 Å². The second-order valence-corrected chi connectivity index (χ2v) is 7.47. The van der Waals surface area contributed by atoms with Gasteiger partial charge in [-0.05, 0) is 44.0 Å². The molecule has 0 spiro atoms. The van der Waals surface area contributed by atoms with E-state index in [9.17, 15) is 18.0 Å². The molecule has 1 amide bonds. The minimum atomic E-state index is -4.65. The summed E-state index contributed by atoms with van der Waals surface area (Å²) in [5.74, 6) is -0.716. The topological polar surface area (TPSA) is 104 Å². The molecule has 1 aliphatic rings. The van der Waals surface area contributed by atoms with Crippen LogP contribution in [0, 0.1) is 11.3 Å². The average Bonchev–Trinajstić information content (AvgIpc) is 3.64. The molecule has 0 radical (unpaired) electrons. The zero-order chi connectivity index (χ0) is 22.9. The number of nitrogens with one attached hydrogen (secondary N) is 1. The molecule has 1 aliphatic carbocycles. The van der Waals surface area contributed by atoms with Crippen LogP contribution >= 0.6 is 0 Å². The molecule has 1 atom stereocenters. The van der Waals surface area contributed by atoms with E-state index in [0.717, 1.165) is 18.9 Å². The monoisotopic (exact) mass is 438 g/mol. The summed E-state index contributed by atoms with van der Waals surface area (Å²) in [6.45, 7) is 1.66. The predicted octanol–water partition coefficient (Wildman–Crippen LogP) is 4.19. The maximum atomic E-state index is 13.3. The Balaban J connectivity index is 1.61. The highest BCUT2D eigenvalue weighted by molar-refractivity contribution is 5.94. The van der Waals surface area contributed by atoms with Gasteiger partial charge >= 0.3 is 6.18 Å². The van der Waals surface area contributed by atoms with Crippen molar-refractivity contribution >= 4 is 5.91 Å². The molecule has 1 N–H and O–H groups in total. The van der Waals surface area contributed by atoms with E-state index in [-0.39, 0.29) is 17.2 Å². The number of nitriles is 1. The predicted molar refractivity (Wildman–Crippen MR) is 107 cm³/mol. The van der Waals surface area contributed by atoms with Gasteiger partial charge in [-0.2, -0.15) is 18.4 Å². The SMILES string of the molecule is CC(NC(=O)c1cc(C2CC2)nc(C(F)(F)F)c1)c1nccnc1-c1ccc(C#N)cn1. The molecule has 162 valence electrons. The van der Waals surface area contributed by atoms with Gasteiger partial charge in [0.1, 0.15) is 17.5 Å². The van der Waals surface area contributed by atoms with Crippen LogP contribution in [-0.2, 0) is 6.18 Å². The lowest BCUT2D eigenvalue weighted by atomic mass is 10.1. The Kier molecular flexibility index (Phi) is 5.57. The Bertz CT molecular complexity index is 1200. The Morgan fingerprint density at radius 3 is 2.56 bits per heavy atom. The minimum absolute atomic E-state index is 0.0460. The highest BCUT2D eigenvalue weighted by atomic mass is 19.4. The van der Waals surface area contributed by atoms with Crippen molar-refractivity contribution in [1.82, 2.24) is 25.3 Å². The third-order valence-electron chi connectivity index (χ3n) is 5.01.